The molecule has 0 saturated carbocycles. The summed E-state index contributed by atoms with van der Waals surface area (Å²) < 4.78 is 22.3. The molecule has 0 aromatic heterocycles. The van der Waals surface area contributed by atoms with Gasteiger partial charge in [0.15, 0.2) is 0 Å². The summed E-state index contributed by atoms with van der Waals surface area (Å²) in [5, 5.41) is 0. The molecule has 0 saturated heterocycles. The zero-order valence-corrected chi connectivity index (χ0v) is 13.2. The van der Waals surface area contributed by atoms with Crippen LogP contribution >= 0.6 is 19.4 Å². The molecule has 106 valence electrons. The van der Waals surface area contributed by atoms with Gasteiger partial charge in [0.1, 0.15) is 0 Å². The maximum atomic E-state index is 12.3. The van der Waals surface area contributed by atoms with Crippen LogP contribution in [0.5, 0.6) is 0 Å². The minimum atomic E-state index is -3.05. The molecule has 0 amide bonds. The largest absolute Gasteiger partial charge is 0.334 e. The van der Waals surface area contributed by atoms with Crippen molar-refractivity contribution in [3.8, 4) is 0 Å². The van der Waals surface area contributed by atoms with Crippen LogP contribution in [0.1, 0.15) is 5.56 Å². The van der Waals surface area contributed by atoms with Gasteiger partial charge in [-0.15, -0.1) is 0 Å². The lowest BCUT2D eigenvalue weighted by molar-refractivity contribution is 0.274. The van der Waals surface area contributed by atoms with Crippen LogP contribution in [0.4, 0.5) is 0 Å². The summed E-state index contributed by atoms with van der Waals surface area (Å²) in [5.41, 5.74) is 0.966. The van der Waals surface area contributed by atoms with Gasteiger partial charge in [0.25, 0.3) is 0 Å². The quantitative estimate of drug-likeness (QED) is 0.716. The molecule has 20 heavy (non-hydrogen) atoms. The van der Waals surface area contributed by atoms with Crippen molar-refractivity contribution >= 4 is 19.4 Å². The first-order valence-electron chi connectivity index (χ1n) is 6.18. The van der Waals surface area contributed by atoms with Crippen molar-refractivity contribution in [3.63, 3.8) is 0 Å². The topological polar surface area (TPSA) is 35.5 Å². The number of rotatable bonds is 6. The van der Waals surface area contributed by atoms with Gasteiger partial charge in [-0.1, -0.05) is 48.2 Å². The molecule has 0 radical (unpaired) electrons. The summed E-state index contributed by atoms with van der Waals surface area (Å²) in [6.45, 7) is 0. The Hall–Kier alpha value is -1.06. The van der Waals surface area contributed by atoms with E-state index >= 15 is 0 Å². The zero-order chi connectivity index (χ0) is 14.4. The van der Waals surface area contributed by atoms with Crippen molar-refractivity contribution in [2.45, 2.75) is 16.0 Å². The third-order valence-electron chi connectivity index (χ3n) is 2.86. The molecule has 0 aliphatic heterocycles. The Morgan fingerprint density at radius 1 is 0.950 bits per heavy atom. The lowest BCUT2D eigenvalue weighted by Gasteiger charge is -2.15. The summed E-state index contributed by atoms with van der Waals surface area (Å²) in [7, 11) is -0.220. The molecule has 2 aromatic rings. The van der Waals surface area contributed by atoms with Crippen LogP contribution in [0.3, 0.4) is 0 Å². The van der Waals surface area contributed by atoms with E-state index in [1.807, 2.05) is 54.6 Å². The van der Waals surface area contributed by atoms with Crippen molar-refractivity contribution in [1.82, 2.24) is 0 Å². The highest BCUT2D eigenvalue weighted by Gasteiger charge is 2.23. The molecule has 0 heterocycles. The standard InChI is InChI=1S/C15H17O3PS/c1-17-19(16,18-2)12-13-8-6-7-11-15(13)20-14-9-4-3-5-10-14/h3-11H,12H2,1-2H3. The van der Waals surface area contributed by atoms with Gasteiger partial charge in [0.2, 0.25) is 0 Å². The van der Waals surface area contributed by atoms with Gasteiger partial charge in [-0.05, 0) is 23.8 Å². The van der Waals surface area contributed by atoms with E-state index in [9.17, 15) is 4.57 Å². The second-order valence-corrected chi connectivity index (χ2v) is 7.54. The van der Waals surface area contributed by atoms with E-state index in [-0.39, 0.29) is 6.16 Å². The SMILES string of the molecule is COP(=O)(Cc1ccccc1Sc1ccccc1)OC. The third kappa shape index (κ3) is 3.97. The molecule has 2 aromatic carbocycles. The van der Waals surface area contributed by atoms with Crippen LogP contribution in [-0.4, -0.2) is 14.2 Å². The predicted octanol–water partition coefficient (Wildman–Crippen LogP) is 4.82. The van der Waals surface area contributed by atoms with Gasteiger partial charge in [0.05, 0.1) is 6.16 Å². The molecule has 0 N–H and O–H groups in total. The minimum Gasteiger partial charge on any atom is -0.312 e. The van der Waals surface area contributed by atoms with Gasteiger partial charge < -0.3 is 9.05 Å². The Bertz CT molecular complexity index is 593. The Kier molecular flexibility index (Phi) is 5.44. The van der Waals surface area contributed by atoms with E-state index in [0.717, 1.165) is 15.4 Å². The van der Waals surface area contributed by atoms with Gasteiger partial charge >= 0.3 is 7.60 Å². The van der Waals surface area contributed by atoms with Gasteiger partial charge in [0, 0.05) is 24.0 Å². The van der Waals surface area contributed by atoms with E-state index in [1.165, 1.54) is 14.2 Å². The van der Waals surface area contributed by atoms with Crippen LogP contribution < -0.4 is 0 Å². The van der Waals surface area contributed by atoms with E-state index in [2.05, 4.69) is 0 Å². The fourth-order valence-electron chi connectivity index (χ4n) is 1.76. The molecule has 0 aliphatic rings. The third-order valence-corrected chi connectivity index (χ3v) is 5.83. The smallest absolute Gasteiger partial charge is 0.312 e. The molecular weight excluding hydrogens is 291 g/mol. The fraction of sp³-hybridized carbons (Fsp3) is 0.200. The molecule has 0 bridgehead atoms. The normalized spacial score (nSPS) is 11.5. The van der Waals surface area contributed by atoms with Gasteiger partial charge in [-0.2, -0.15) is 0 Å². The first-order valence-corrected chi connectivity index (χ1v) is 8.72. The first-order chi connectivity index (χ1) is 9.67. The summed E-state index contributed by atoms with van der Waals surface area (Å²) in [6, 6.07) is 18.0. The number of benzene rings is 2. The summed E-state index contributed by atoms with van der Waals surface area (Å²) in [5.74, 6) is 0. The maximum Gasteiger partial charge on any atom is 0.334 e. The number of hydrogen-bond donors (Lipinski definition) is 0. The summed E-state index contributed by atoms with van der Waals surface area (Å²) in [6.07, 6.45) is 0.274. The van der Waals surface area contributed by atoms with Gasteiger partial charge in [-0.3, -0.25) is 4.57 Å². The molecule has 0 aliphatic carbocycles. The second-order valence-electron chi connectivity index (χ2n) is 4.16. The van der Waals surface area contributed by atoms with Crippen LogP contribution in [0.25, 0.3) is 0 Å². The van der Waals surface area contributed by atoms with Crippen LogP contribution in [0.2, 0.25) is 0 Å². The van der Waals surface area contributed by atoms with Gasteiger partial charge in [-0.25, -0.2) is 0 Å². The van der Waals surface area contributed by atoms with Crippen molar-refractivity contribution in [2.75, 3.05) is 14.2 Å². The fourth-order valence-corrected chi connectivity index (χ4v) is 3.93. The summed E-state index contributed by atoms with van der Waals surface area (Å²) in [4.78, 5) is 2.21. The molecular formula is C15H17O3PS. The molecule has 0 atom stereocenters. The van der Waals surface area contributed by atoms with Crippen molar-refractivity contribution in [3.05, 3.63) is 60.2 Å². The lowest BCUT2D eigenvalue weighted by atomic mass is 10.2. The van der Waals surface area contributed by atoms with Crippen LogP contribution in [-0.2, 0) is 19.8 Å². The van der Waals surface area contributed by atoms with Crippen molar-refractivity contribution in [2.24, 2.45) is 0 Å². The van der Waals surface area contributed by atoms with E-state index in [0.29, 0.717) is 0 Å². The highest BCUT2D eigenvalue weighted by Crippen LogP contribution is 2.51. The number of hydrogen-bond acceptors (Lipinski definition) is 4. The Morgan fingerprint density at radius 2 is 1.55 bits per heavy atom. The molecule has 0 unspecified atom stereocenters. The molecule has 0 fully saturated rings. The lowest BCUT2D eigenvalue weighted by Crippen LogP contribution is -1.95. The highest BCUT2D eigenvalue weighted by atomic mass is 32.2. The van der Waals surface area contributed by atoms with Crippen molar-refractivity contribution < 1.29 is 13.6 Å². The summed E-state index contributed by atoms with van der Waals surface area (Å²) >= 11 is 1.64. The van der Waals surface area contributed by atoms with Crippen molar-refractivity contribution in [1.29, 1.82) is 0 Å². The average molecular weight is 308 g/mol. The predicted molar refractivity (Wildman–Crippen MR) is 82.3 cm³/mol. The average Bonchev–Trinajstić information content (AvgIpc) is 2.50. The van der Waals surface area contributed by atoms with E-state index in [1.54, 1.807) is 11.8 Å². The Morgan fingerprint density at radius 3 is 2.20 bits per heavy atom. The van der Waals surface area contributed by atoms with E-state index in [4.69, 9.17) is 9.05 Å². The monoisotopic (exact) mass is 308 g/mol. The maximum absolute atomic E-state index is 12.3. The zero-order valence-electron chi connectivity index (χ0n) is 11.5. The first kappa shape index (κ1) is 15.3. The molecule has 3 nitrogen and oxygen atoms in total. The molecule has 5 heteroatoms. The Balaban J connectivity index is 2.25. The second kappa shape index (κ2) is 7.09. The van der Waals surface area contributed by atoms with E-state index < -0.39 is 7.60 Å². The minimum absolute atomic E-state index is 0.274. The van der Waals surface area contributed by atoms with Crippen LogP contribution in [0.15, 0.2) is 64.4 Å². The Labute approximate surface area is 123 Å². The highest BCUT2D eigenvalue weighted by molar-refractivity contribution is 7.99. The van der Waals surface area contributed by atoms with Crippen LogP contribution in [0, 0.1) is 0 Å². The molecule has 2 rings (SSSR count). The molecule has 0 spiro atoms.